The van der Waals surface area contributed by atoms with Crippen LogP contribution in [0.25, 0.3) is 10.8 Å². The van der Waals surface area contributed by atoms with Crippen LogP contribution in [0.1, 0.15) is 43.0 Å². The van der Waals surface area contributed by atoms with Gasteiger partial charge in [0.15, 0.2) is 0 Å². The molecule has 26 heavy (non-hydrogen) atoms. The molecule has 2 unspecified atom stereocenters. The largest absolute Gasteiger partial charge is 0.480 e. The van der Waals surface area contributed by atoms with Crippen LogP contribution < -0.4 is 10.6 Å². The van der Waals surface area contributed by atoms with E-state index in [4.69, 9.17) is 0 Å². The summed E-state index contributed by atoms with van der Waals surface area (Å²) in [4.78, 5) is 23.2. The lowest BCUT2D eigenvalue weighted by atomic mass is 9.93. The van der Waals surface area contributed by atoms with Crippen molar-refractivity contribution >= 4 is 22.7 Å². The Balaban J connectivity index is 2.54. The third-order valence-electron chi connectivity index (χ3n) is 4.27. The molecular formula is C19H23FN2O4. The molecule has 0 radical (unpaired) electrons. The molecule has 0 saturated heterocycles. The smallest absolute Gasteiger partial charge is 0.325 e. The second-order valence-corrected chi connectivity index (χ2v) is 5.98. The van der Waals surface area contributed by atoms with Gasteiger partial charge in [-0.3, -0.25) is 14.9 Å². The molecule has 0 heterocycles. The zero-order valence-electron chi connectivity index (χ0n) is 14.5. The van der Waals surface area contributed by atoms with E-state index in [-0.39, 0.29) is 0 Å². The topological polar surface area (TPSA) is 98.7 Å². The first-order chi connectivity index (χ1) is 12.5. The molecule has 140 valence electrons. The first-order valence-corrected chi connectivity index (χ1v) is 8.51. The molecule has 0 amide bonds. The van der Waals surface area contributed by atoms with Gasteiger partial charge in [0.1, 0.15) is 18.9 Å². The fourth-order valence-corrected chi connectivity index (χ4v) is 3.02. The summed E-state index contributed by atoms with van der Waals surface area (Å²) in [6, 6.07) is 8.01. The molecule has 6 nitrogen and oxygen atoms in total. The van der Waals surface area contributed by atoms with Gasteiger partial charge in [-0.15, -0.1) is 0 Å². The van der Waals surface area contributed by atoms with Crippen LogP contribution in [0.15, 0.2) is 36.4 Å². The Morgan fingerprint density at radius 2 is 1.46 bits per heavy atom. The zero-order chi connectivity index (χ0) is 19.1. The minimum atomic E-state index is -1.21. The number of aliphatic carboxylic acids is 2. The van der Waals surface area contributed by atoms with Gasteiger partial charge in [0.05, 0.1) is 0 Å². The summed E-state index contributed by atoms with van der Waals surface area (Å²) in [5.74, 6) is -2.20. The predicted molar refractivity (Wildman–Crippen MR) is 96.7 cm³/mol. The highest BCUT2D eigenvalue weighted by Gasteiger charge is 2.25. The van der Waals surface area contributed by atoms with Gasteiger partial charge >= 0.3 is 11.9 Å². The van der Waals surface area contributed by atoms with Gasteiger partial charge in [0.25, 0.3) is 0 Å². The van der Waals surface area contributed by atoms with Crippen LogP contribution in [-0.2, 0) is 9.59 Å². The van der Waals surface area contributed by atoms with E-state index in [1.165, 1.54) is 0 Å². The maximum absolute atomic E-state index is 12.7. The number of halogens is 1. The molecule has 2 aromatic rings. The molecule has 0 spiro atoms. The summed E-state index contributed by atoms with van der Waals surface area (Å²) in [5, 5.41) is 25.6. The quantitative estimate of drug-likeness (QED) is 0.383. The molecule has 0 aliphatic rings. The van der Waals surface area contributed by atoms with E-state index in [9.17, 15) is 24.2 Å². The fourth-order valence-electron chi connectivity index (χ4n) is 3.02. The van der Waals surface area contributed by atoms with E-state index >= 15 is 0 Å². The molecule has 0 aliphatic heterocycles. The van der Waals surface area contributed by atoms with Gasteiger partial charge in [-0.1, -0.05) is 49.7 Å². The number of carboxylic acid groups (broad SMARTS) is 2. The van der Waals surface area contributed by atoms with Gasteiger partial charge in [0, 0.05) is 0 Å². The molecule has 0 fully saturated rings. The zero-order valence-corrected chi connectivity index (χ0v) is 14.5. The summed E-state index contributed by atoms with van der Waals surface area (Å²) in [6.45, 7) is 1.60. The average Bonchev–Trinajstić information content (AvgIpc) is 2.62. The lowest BCUT2D eigenvalue weighted by Gasteiger charge is -2.20. The first-order valence-electron chi connectivity index (χ1n) is 8.51. The van der Waals surface area contributed by atoms with Crippen molar-refractivity contribution in [2.45, 2.75) is 31.8 Å². The number of benzene rings is 2. The number of carbonyl (C=O) groups is 2. The Labute approximate surface area is 151 Å². The van der Waals surface area contributed by atoms with E-state index in [2.05, 4.69) is 10.6 Å². The third kappa shape index (κ3) is 4.36. The van der Waals surface area contributed by atoms with Crippen molar-refractivity contribution in [1.82, 2.24) is 10.6 Å². The summed E-state index contributed by atoms with van der Waals surface area (Å²) in [7, 11) is 0. The van der Waals surface area contributed by atoms with E-state index in [0.29, 0.717) is 28.4 Å². The number of hydrogen-bond acceptors (Lipinski definition) is 4. The summed E-state index contributed by atoms with van der Waals surface area (Å²) in [5.41, 5.74) is 0.949. The molecule has 0 aromatic heterocycles. The fraction of sp³-hybridized carbons (Fsp3) is 0.368. The van der Waals surface area contributed by atoms with E-state index in [1.807, 2.05) is 6.92 Å². The van der Waals surface area contributed by atoms with Crippen molar-refractivity contribution in [1.29, 1.82) is 0 Å². The predicted octanol–water partition coefficient (Wildman–Crippen LogP) is 3.00. The second kappa shape index (κ2) is 9.26. The van der Waals surface area contributed by atoms with Crippen LogP contribution in [0.2, 0.25) is 0 Å². The van der Waals surface area contributed by atoms with E-state index in [1.54, 1.807) is 36.4 Å². The summed E-state index contributed by atoms with van der Waals surface area (Å²) < 4.78 is 12.7. The van der Waals surface area contributed by atoms with Crippen LogP contribution in [0.3, 0.4) is 0 Å². The Morgan fingerprint density at radius 3 is 1.88 bits per heavy atom. The Hall–Kier alpha value is -2.51. The normalized spacial score (nSPS) is 13.5. The lowest BCUT2D eigenvalue weighted by molar-refractivity contribution is -0.140. The molecule has 7 heteroatoms. The van der Waals surface area contributed by atoms with Crippen molar-refractivity contribution in [2.75, 3.05) is 13.3 Å². The Bertz CT molecular complexity index is 781. The Kier molecular flexibility index (Phi) is 7.06. The van der Waals surface area contributed by atoms with Crippen LogP contribution >= 0.6 is 0 Å². The number of rotatable bonds is 10. The minimum absolute atomic E-state index is 0.396. The minimum Gasteiger partial charge on any atom is -0.480 e. The molecule has 4 N–H and O–H groups in total. The van der Waals surface area contributed by atoms with Crippen LogP contribution in [0.4, 0.5) is 4.39 Å². The monoisotopic (exact) mass is 362 g/mol. The first kappa shape index (κ1) is 19.8. The highest BCUT2D eigenvalue weighted by Crippen LogP contribution is 2.30. The number of alkyl halides is 1. The van der Waals surface area contributed by atoms with Gasteiger partial charge < -0.3 is 15.5 Å². The number of unbranched alkanes of at least 4 members (excludes halogenated alkanes) is 1. The number of hydrogen-bond donors (Lipinski definition) is 4. The van der Waals surface area contributed by atoms with Gasteiger partial charge in [0.2, 0.25) is 0 Å². The molecule has 0 bridgehead atoms. The lowest BCUT2D eigenvalue weighted by Crippen LogP contribution is -2.30. The number of fused-ring (bicyclic) bond motifs is 1. The van der Waals surface area contributed by atoms with Crippen molar-refractivity contribution in [3.05, 3.63) is 47.5 Å². The third-order valence-corrected chi connectivity index (χ3v) is 4.27. The van der Waals surface area contributed by atoms with E-state index in [0.717, 1.165) is 12.8 Å². The Morgan fingerprint density at radius 1 is 0.962 bits per heavy atom. The second-order valence-electron chi connectivity index (χ2n) is 5.98. The van der Waals surface area contributed by atoms with Crippen molar-refractivity contribution in [2.24, 2.45) is 0 Å². The average molecular weight is 362 g/mol. The van der Waals surface area contributed by atoms with Crippen LogP contribution in [0, 0.1) is 0 Å². The molecule has 2 rings (SSSR count). The molecule has 0 aliphatic carbocycles. The van der Waals surface area contributed by atoms with Crippen LogP contribution in [0.5, 0.6) is 0 Å². The van der Waals surface area contributed by atoms with Gasteiger partial charge in [-0.2, -0.15) is 0 Å². The van der Waals surface area contributed by atoms with Crippen molar-refractivity contribution in [3.8, 4) is 0 Å². The maximum atomic E-state index is 12.7. The van der Waals surface area contributed by atoms with E-state index < -0.39 is 30.8 Å². The number of carboxylic acids is 2. The van der Waals surface area contributed by atoms with Crippen molar-refractivity contribution in [3.63, 3.8) is 0 Å². The van der Waals surface area contributed by atoms with Crippen molar-refractivity contribution < 1.29 is 24.2 Å². The summed E-state index contributed by atoms with van der Waals surface area (Å²) in [6.07, 6.45) is 1.79. The highest BCUT2D eigenvalue weighted by atomic mass is 19.1. The molecule has 0 saturated carbocycles. The summed E-state index contributed by atoms with van der Waals surface area (Å²) >= 11 is 0. The van der Waals surface area contributed by atoms with Gasteiger partial charge in [-0.05, 0) is 34.9 Å². The SMILES string of the molecule is CCCCNC(C(=O)O)c1cccc2c(C(NCF)C(=O)O)cccc12. The standard InChI is InChI=1S/C19H23FN2O4/c1-2-3-10-21-16(18(23)24)14-8-4-7-13-12(14)6-5-9-15(13)17(19(25)26)22-11-20/h4-9,16-17,21-22H,2-3,10-11H2,1H3,(H,23,24)(H,25,26). The molecular weight excluding hydrogens is 339 g/mol. The highest BCUT2D eigenvalue weighted by molar-refractivity contribution is 5.95. The van der Waals surface area contributed by atoms with Crippen LogP contribution in [-0.4, -0.2) is 35.5 Å². The maximum Gasteiger partial charge on any atom is 0.325 e. The number of nitrogens with one attached hydrogen (secondary N) is 2. The van der Waals surface area contributed by atoms with Gasteiger partial charge in [-0.25, -0.2) is 4.39 Å². The molecule has 2 aromatic carbocycles. The molecule has 2 atom stereocenters.